The molecule has 1 aromatic carbocycles. The molecular formula is C34H48O4. The zero-order valence-electron chi connectivity index (χ0n) is 24.0. The molecule has 7 rings (SSSR count). The molecule has 0 amide bonds. The Balaban J connectivity index is 1.05. The van der Waals surface area contributed by atoms with Gasteiger partial charge in [-0.1, -0.05) is 45.9 Å². The Morgan fingerprint density at radius 1 is 0.895 bits per heavy atom. The normalized spacial score (nSPS) is 51.5. The van der Waals surface area contributed by atoms with E-state index < -0.39 is 0 Å². The summed E-state index contributed by atoms with van der Waals surface area (Å²) < 4.78 is 19.5. The van der Waals surface area contributed by atoms with Gasteiger partial charge >= 0.3 is 5.97 Å². The van der Waals surface area contributed by atoms with Gasteiger partial charge in [0.15, 0.2) is 5.79 Å². The Labute approximate surface area is 229 Å². The SMILES string of the molecule is C[C@H]1CC[C@@]2(OC1)O[C@H]1C[C@H]3[C@@H]4CC[C@@H]5C[C@@H](OC(=O)c6ccccc6)CC[C@]5(C)[C@H]4CC[C@]3(C)[C@H]1[C@@H]2C. The molecule has 2 aliphatic heterocycles. The Bertz CT molecular complexity index is 1050. The molecule has 208 valence electrons. The van der Waals surface area contributed by atoms with Crippen molar-refractivity contribution in [3.63, 3.8) is 0 Å². The molecule has 0 unspecified atom stereocenters. The summed E-state index contributed by atoms with van der Waals surface area (Å²) >= 11 is 0. The number of hydrogen-bond donors (Lipinski definition) is 0. The van der Waals surface area contributed by atoms with E-state index >= 15 is 0 Å². The molecule has 0 radical (unpaired) electrons. The summed E-state index contributed by atoms with van der Waals surface area (Å²) in [6, 6.07) is 9.51. The van der Waals surface area contributed by atoms with E-state index in [1.165, 1.54) is 44.9 Å². The zero-order valence-corrected chi connectivity index (χ0v) is 24.0. The van der Waals surface area contributed by atoms with Crippen LogP contribution in [0.5, 0.6) is 0 Å². The van der Waals surface area contributed by atoms with Gasteiger partial charge in [-0.25, -0.2) is 4.79 Å². The van der Waals surface area contributed by atoms with Crippen LogP contribution >= 0.6 is 0 Å². The maximum Gasteiger partial charge on any atom is 0.338 e. The molecule has 4 nitrogen and oxygen atoms in total. The van der Waals surface area contributed by atoms with E-state index in [9.17, 15) is 4.79 Å². The van der Waals surface area contributed by atoms with Gasteiger partial charge in [0.25, 0.3) is 0 Å². The summed E-state index contributed by atoms with van der Waals surface area (Å²) in [5, 5.41) is 0. The molecule has 1 aromatic rings. The largest absolute Gasteiger partial charge is 0.459 e. The summed E-state index contributed by atoms with van der Waals surface area (Å²) in [7, 11) is 0. The molecule has 4 aliphatic carbocycles. The number of hydrogen-bond acceptors (Lipinski definition) is 4. The number of benzene rings is 1. The third kappa shape index (κ3) is 3.71. The first-order chi connectivity index (χ1) is 18.2. The third-order valence-corrected chi connectivity index (χ3v) is 13.2. The Hall–Kier alpha value is -1.39. The number of esters is 1. The molecule has 4 saturated carbocycles. The molecule has 4 heteroatoms. The number of rotatable bonds is 2. The minimum atomic E-state index is -0.314. The summed E-state index contributed by atoms with van der Waals surface area (Å²) in [5.41, 5.74) is 1.44. The fraction of sp³-hybridized carbons (Fsp3) is 0.794. The Morgan fingerprint density at radius 2 is 1.68 bits per heavy atom. The van der Waals surface area contributed by atoms with Crippen LogP contribution < -0.4 is 0 Å². The minimum Gasteiger partial charge on any atom is -0.459 e. The molecule has 6 fully saturated rings. The van der Waals surface area contributed by atoms with Crippen LogP contribution in [0.25, 0.3) is 0 Å². The second kappa shape index (κ2) is 9.06. The van der Waals surface area contributed by atoms with Crippen molar-refractivity contribution in [2.45, 2.75) is 110 Å². The summed E-state index contributed by atoms with van der Waals surface area (Å²) in [6.45, 7) is 10.9. The van der Waals surface area contributed by atoms with Gasteiger partial charge in [0.1, 0.15) is 6.10 Å². The predicted molar refractivity (Wildman–Crippen MR) is 147 cm³/mol. The molecule has 12 atom stereocenters. The predicted octanol–water partition coefficient (Wildman–Crippen LogP) is 7.66. The molecule has 38 heavy (non-hydrogen) atoms. The highest BCUT2D eigenvalue weighted by molar-refractivity contribution is 5.89. The quantitative estimate of drug-likeness (QED) is 0.376. The van der Waals surface area contributed by atoms with Crippen molar-refractivity contribution in [2.24, 2.45) is 52.3 Å². The van der Waals surface area contributed by atoms with Gasteiger partial charge in [0, 0.05) is 12.3 Å². The fourth-order valence-corrected chi connectivity index (χ4v) is 11.1. The summed E-state index contributed by atoms with van der Waals surface area (Å²) in [6.07, 6.45) is 12.6. The summed E-state index contributed by atoms with van der Waals surface area (Å²) in [5.74, 6) is 4.41. The molecule has 2 saturated heterocycles. The van der Waals surface area contributed by atoms with E-state index in [1.54, 1.807) is 0 Å². The van der Waals surface area contributed by atoms with Crippen molar-refractivity contribution in [2.75, 3.05) is 6.61 Å². The lowest BCUT2D eigenvalue weighted by Gasteiger charge is -2.61. The van der Waals surface area contributed by atoms with Crippen LogP contribution in [-0.4, -0.2) is 30.6 Å². The van der Waals surface area contributed by atoms with E-state index in [0.29, 0.717) is 46.2 Å². The van der Waals surface area contributed by atoms with Crippen molar-refractivity contribution >= 4 is 5.97 Å². The highest BCUT2D eigenvalue weighted by atomic mass is 16.7. The minimum absolute atomic E-state index is 0.0701. The van der Waals surface area contributed by atoms with Crippen LogP contribution in [-0.2, 0) is 14.2 Å². The van der Waals surface area contributed by atoms with E-state index in [2.05, 4.69) is 27.7 Å². The van der Waals surface area contributed by atoms with Crippen LogP contribution in [0, 0.1) is 52.3 Å². The number of carbonyl (C=O) groups excluding carboxylic acids is 1. The lowest BCUT2D eigenvalue weighted by atomic mass is 9.44. The molecule has 2 heterocycles. The van der Waals surface area contributed by atoms with Gasteiger partial charge in [-0.2, -0.15) is 0 Å². The number of fused-ring (bicyclic) bond motifs is 7. The van der Waals surface area contributed by atoms with Gasteiger partial charge in [0.05, 0.1) is 18.3 Å². The maximum absolute atomic E-state index is 12.7. The van der Waals surface area contributed by atoms with Gasteiger partial charge in [-0.15, -0.1) is 0 Å². The maximum atomic E-state index is 12.7. The first-order valence-corrected chi connectivity index (χ1v) is 15.8. The first-order valence-electron chi connectivity index (χ1n) is 15.8. The zero-order chi connectivity index (χ0) is 26.3. The topological polar surface area (TPSA) is 44.8 Å². The van der Waals surface area contributed by atoms with Crippen LogP contribution in [0.4, 0.5) is 0 Å². The average Bonchev–Trinajstić information content (AvgIpc) is 3.36. The fourth-order valence-electron chi connectivity index (χ4n) is 11.1. The second-order valence-electron chi connectivity index (χ2n) is 14.8. The molecular weight excluding hydrogens is 472 g/mol. The van der Waals surface area contributed by atoms with Crippen LogP contribution in [0.3, 0.4) is 0 Å². The van der Waals surface area contributed by atoms with Crippen molar-refractivity contribution < 1.29 is 19.0 Å². The van der Waals surface area contributed by atoms with Crippen LogP contribution in [0.15, 0.2) is 30.3 Å². The smallest absolute Gasteiger partial charge is 0.338 e. The van der Waals surface area contributed by atoms with Crippen molar-refractivity contribution in [3.05, 3.63) is 35.9 Å². The molecule has 0 aromatic heterocycles. The van der Waals surface area contributed by atoms with E-state index in [-0.39, 0.29) is 17.9 Å². The molecule has 1 spiro atoms. The van der Waals surface area contributed by atoms with Gasteiger partial charge in [0.2, 0.25) is 0 Å². The Morgan fingerprint density at radius 3 is 2.45 bits per heavy atom. The standard InChI is InChI=1S/C34H48O4/c1-21-12-17-34(36-20-21)22(2)30-29(38-34)19-28-26-11-10-24-18-25(37-31(35)23-8-6-5-7-9-23)13-15-32(24,3)27(26)14-16-33(28,30)4/h5-9,21-22,24-30H,10-20H2,1-4H3/t21-,22-,24+,25-,26+,27-,28-,29-,30-,32-,33-,34+/m0/s1. The number of carbonyl (C=O) groups is 1. The molecule has 6 aliphatic rings. The number of ether oxygens (including phenoxy) is 3. The van der Waals surface area contributed by atoms with Gasteiger partial charge in [-0.3, -0.25) is 0 Å². The molecule has 0 N–H and O–H groups in total. The lowest BCUT2D eigenvalue weighted by molar-refractivity contribution is -0.273. The van der Waals surface area contributed by atoms with E-state index in [4.69, 9.17) is 14.2 Å². The average molecular weight is 521 g/mol. The van der Waals surface area contributed by atoms with Crippen molar-refractivity contribution in [3.8, 4) is 0 Å². The van der Waals surface area contributed by atoms with Crippen LogP contribution in [0.2, 0.25) is 0 Å². The summed E-state index contributed by atoms with van der Waals surface area (Å²) in [4.78, 5) is 12.7. The van der Waals surface area contributed by atoms with Gasteiger partial charge < -0.3 is 14.2 Å². The van der Waals surface area contributed by atoms with Crippen molar-refractivity contribution in [1.82, 2.24) is 0 Å². The Kier molecular flexibility index (Phi) is 6.10. The third-order valence-electron chi connectivity index (χ3n) is 13.2. The highest BCUT2D eigenvalue weighted by Crippen LogP contribution is 2.71. The second-order valence-corrected chi connectivity index (χ2v) is 14.8. The van der Waals surface area contributed by atoms with E-state index in [0.717, 1.165) is 43.6 Å². The monoisotopic (exact) mass is 520 g/mol. The first kappa shape index (κ1) is 25.6. The van der Waals surface area contributed by atoms with Crippen LogP contribution in [0.1, 0.15) is 102 Å². The lowest BCUT2D eigenvalue weighted by Crippen LogP contribution is -2.55. The van der Waals surface area contributed by atoms with Gasteiger partial charge in [-0.05, 0) is 116 Å². The van der Waals surface area contributed by atoms with E-state index in [1.807, 2.05) is 30.3 Å². The molecule has 0 bridgehead atoms. The van der Waals surface area contributed by atoms with Crippen molar-refractivity contribution in [1.29, 1.82) is 0 Å². The highest BCUT2D eigenvalue weighted by Gasteiger charge is 2.69.